The second kappa shape index (κ2) is 7.09. The van der Waals surface area contributed by atoms with Crippen LogP contribution in [0.15, 0.2) is 60.8 Å². The Morgan fingerprint density at radius 1 is 1.04 bits per heavy atom. The zero-order valence-corrected chi connectivity index (χ0v) is 13.7. The Labute approximate surface area is 140 Å². The normalized spacial score (nSPS) is 13.9. The van der Waals surface area contributed by atoms with E-state index >= 15 is 0 Å². The van der Waals surface area contributed by atoms with Crippen molar-refractivity contribution in [1.29, 1.82) is 0 Å². The molecule has 0 radical (unpaired) electrons. The molecule has 0 fully saturated rings. The van der Waals surface area contributed by atoms with E-state index in [9.17, 15) is 5.11 Å². The van der Waals surface area contributed by atoms with Crippen LogP contribution in [-0.2, 0) is 0 Å². The summed E-state index contributed by atoms with van der Waals surface area (Å²) in [4.78, 5) is 4.07. The number of halogens is 1. The maximum atomic E-state index is 10.8. The Morgan fingerprint density at radius 2 is 1.78 bits per heavy atom. The molecule has 3 nitrogen and oxygen atoms in total. The smallest absolute Gasteiger partial charge is 0.129 e. The molecule has 0 bridgehead atoms. The molecule has 23 heavy (non-hydrogen) atoms. The summed E-state index contributed by atoms with van der Waals surface area (Å²) in [5.41, 5.74) is 1.86. The van der Waals surface area contributed by atoms with Gasteiger partial charge in [0.2, 0.25) is 0 Å². The molecular weight excluding hydrogens is 308 g/mol. The van der Waals surface area contributed by atoms with Crippen LogP contribution in [0.3, 0.4) is 0 Å². The van der Waals surface area contributed by atoms with Gasteiger partial charge < -0.3 is 10.4 Å². The molecule has 0 saturated heterocycles. The maximum absolute atomic E-state index is 10.8. The lowest BCUT2D eigenvalue weighted by molar-refractivity contribution is 0.144. The van der Waals surface area contributed by atoms with Gasteiger partial charge >= 0.3 is 0 Å². The summed E-state index contributed by atoms with van der Waals surface area (Å²) in [6.07, 6.45) is 0.991. The van der Waals surface area contributed by atoms with E-state index in [0.717, 1.165) is 11.1 Å². The number of benzene rings is 2. The van der Waals surface area contributed by atoms with Crippen molar-refractivity contribution in [2.45, 2.75) is 12.0 Å². The first kappa shape index (κ1) is 15.9. The average Bonchev–Trinajstić information content (AvgIpc) is 2.59. The van der Waals surface area contributed by atoms with E-state index in [-0.39, 0.29) is 5.92 Å². The highest BCUT2D eigenvalue weighted by molar-refractivity contribution is 6.29. The van der Waals surface area contributed by atoms with Crippen LogP contribution in [0.5, 0.6) is 0 Å². The van der Waals surface area contributed by atoms with Gasteiger partial charge in [-0.05, 0) is 35.0 Å². The summed E-state index contributed by atoms with van der Waals surface area (Å²) in [6.45, 7) is 0.669. The van der Waals surface area contributed by atoms with Gasteiger partial charge in [-0.1, -0.05) is 60.1 Å². The number of aromatic nitrogens is 1. The number of aliphatic hydroxyl groups is 1. The molecular formula is C19H19ClN2O. The molecule has 118 valence electrons. The standard InChI is InChI=1S/C19H19ClN2O/c1-21-12-17(19(23)16-8-9-18(20)22-11-16)15-7-6-13-4-2-3-5-14(13)10-15/h2-11,17,19,21,23H,12H2,1H3/t17-,19?/m0/s1. The topological polar surface area (TPSA) is 45.1 Å². The maximum Gasteiger partial charge on any atom is 0.129 e. The number of fused-ring (bicyclic) bond motifs is 1. The van der Waals surface area contributed by atoms with Gasteiger partial charge in [-0.25, -0.2) is 4.98 Å². The number of nitrogens with zero attached hydrogens (tertiary/aromatic N) is 1. The molecule has 3 rings (SSSR count). The second-order valence-corrected chi connectivity index (χ2v) is 6.02. The van der Waals surface area contributed by atoms with E-state index in [1.165, 1.54) is 10.8 Å². The summed E-state index contributed by atoms with van der Waals surface area (Å²) >= 11 is 5.83. The zero-order chi connectivity index (χ0) is 16.2. The number of nitrogens with one attached hydrogen (secondary N) is 1. The van der Waals surface area contributed by atoms with Crippen molar-refractivity contribution in [2.75, 3.05) is 13.6 Å². The number of hydrogen-bond acceptors (Lipinski definition) is 3. The van der Waals surface area contributed by atoms with Crippen LogP contribution in [-0.4, -0.2) is 23.7 Å². The highest BCUT2D eigenvalue weighted by Gasteiger charge is 2.22. The van der Waals surface area contributed by atoms with Gasteiger partial charge in [-0.3, -0.25) is 0 Å². The molecule has 0 spiro atoms. The number of aliphatic hydroxyl groups excluding tert-OH is 1. The molecule has 1 unspecified atom stereocenters. The summed E-state index contributed by atoms with van der Waals surface area (Å²) in [5.74, 6) is -0.0624. The molecule has 0 aliphatic carbocycles. The Hall–Kier alpha value is -1.94. The van der Waals surface area contributed by atoms with Crippen molar-refractivity contribution < 1.29 is 5.11 Å². The van der Waals surface area contributed by atoms with Crippen molar-refractivity contribution in [3.63, 3.8) is 0 Å². The lowest BCUT2D eigenvalue weighted by Crippen LogP contribution is -2.23. The van der Waals surface area contributed by atoms with E-state index in [0.29, 0.717) is 11.7 Å². The SMILES string of the molecule is CNC[C@@H](c1ccc2ccccc2c1)C(O)c1ccc(Cl)nc1. The lowest BCUT2D eigenvalue weighted by atomic mass is 9.88. The molecule has 0 aliphatic heterocycles. The van der Waals surface area contributed by atoms with Crippen LogP contribution in [0, 0.1) is 0 Å². The van der Waals surface area contributed by atoms with E-state index < -0.39 is 6.10 Å². The molecule has 0 saturated carbocycles. The van der Waals surface area contributed by atoms with Crippen molar-refractivity contribution in [3.05, 3.63) is 77.1 Å². The fourth-order valence-corrected chi connectivity index (χ4v) is 2.98. The van der Waals surface area contributed by atoms with Crippen LogP contribution in [0.4, 0.5) is 0 Å². The third-order valence-corrected chi connectivity index (χ3v) is 4.32. The number of rotatable bonds is 5. The molecule has 0 amide bonds. The summed E-state index contributed by atoms with van der Waals surface area (Å²) in [7, 11) is 1.89. The fourth-order valence-electron chi connectivity index (χ4n) is 2.86. The number of hydrogen-bond donors (Lipinski definition) is 2. The summed E-state index contributed by atoms with van der Waals surface area (Å²) in [5, 5.41) is 16.8. The number of likely N-dealkylation sites (N-methyl/N-ethyl adjacent to an activating group) is 1. The summed E-state index contributed by atoms with van der Waals surface area (Å²) in [6, 6.07) is 18.1. The lowest BCUT2D eigenvalue weighted by Gasteiger charge is -2.24. The molecule has 2 N–H and O–H groups in total. The van der Waals surface area contributed by atoms with Crippen LogP contribution >= 0.6 is 11.6 Å². The highest BCUT2D eigenvalue weighted by atomic mass is 35.5. The van der Waals surface area contributed by atoms with Gasteiger partial charge in [0.15, 0.2) is 0 Å². The van der Waals surface area contributed by atoms with Crippen LogP contribution < -0.4 is 5.32 Å². The minimum Gasteiger partial charge on any atom is -0.388 e. The van der Waals surface area contributed by atoms with Crippen LogP contribution in [0.1, 0.15) is 23.1 Å². The van der Waals surface area contributed by atoms with Crippen LogP contribution in [0.25, 0.3) is 10.8 Å². The predicted molar refractivity (Wildman–Crippen MR) is 94.8 cm³/mol. The van der Waals surface area contributed by atoms with Crippen molar-refractivity contribution in [3.8, 4) is 0 Å². The summed E-state index contributed by atoms with van der Waals surface area (Å²) < 4.78 is 0. The molecule has 4 heteroatoms. The minimum absolute atomic E-state index is 0.0624. The number of pyridine rings is 1. The molecule has 2 atom stereocenters. The van der Waals surface area contributed by atoms with E-state index in [2.05, 4.69) is 40.6 Å². The van der Waals surface area contributed by atoms with Gasteiger partial charge in [0.05, 0.1) is 6.10 Å². The Balaban J connectivity index is 1.97. The molecule has 1 aromatic heterocycles. The Kier molecular flexibility index (Phi) is 4.91. The molecule has 3 aromatic rings. The van der Waals surface area contributed by atoms with Gasteiger partial charge in [-0.15, -0.1) is 0 Å². The van der Waals surface area contributed by atoms with Crippen molar-refractivity contribution >= 4 is 22.4 Å². The van der Waals surface area contributed by atoms with Gasteiger partial charge in [0, 0.05) is 18.7 Å². The van der Waals surface area contributed by atoms with E-state index in [4.69, 9.17) is 11.6 Å². The molecule has 0 aliphatic rings. The Morgan fingerprint density at radius 3 is 2.48 bits per heavy atom. The first-order valence-corrected chi connectivity index (χ1v) is 7.99. The van der Waals surface area contributed by atoms with Crippen molar-refractivity contribution in [1.82, 2.24) is 10.3 Å². The molecule has 2 aromatic carbocycles. The monoisotopic (exact) mass is 326 g/mol. The largest absolute Gasteiger partial charge is 0.388 e. The molecule has 1 heterocycles. The van der Waals surface area contributed by atoms with Crippen LogP contribution in [0.2, 0.25) is 5.15 Å². The van der Waals surface area contributed by atoms with Gasteiger partial charge in [0.1, 0.15) is 5.15 Å². The third kappa shape index (κ3) is 3.53. The first-order valence-electron chi connectivity index (χ1n) is 7.62. The minimum atomic E-state index is -0.645. The van der Waals surface area contributed by atoms with E-state index in [1.807, 2.05) is 25.2 Å². The third-order valence-electron chi connectivity index (χ3n) is 4.10. The van der Waals surface area contributed by atoms with Gasteiger partial charge in [-0.2, -0.15) is 0 Å². The quantitative estimate of drug-likeness (QED) is 0.698. The first-order chi connectivity index (χ1) is 11.2. The van der Waals surface area contributed by atoms with Crippen molar-refractivity contribution in [2.24, 2.45) is 0 Å². The second-order valence-electron chi connectivity index (χ2n) is 5.63. The Bertz CT molecular complexity index is 789. The van der Waals surface area contributed by atoms with Gasteiger partial charge in [0.25, 0.3) is 0 Å². The highest BCUT2D eigenvalue weighted by Crippen LogP contribution is 2.32. The predicted octanol–water partition coefficient (Wildman–Crippen LogP) is 3.92. The zero-order valence-electron chi connectivity index (χ0n) is 12.9. The average molecular weight is 327 g/mol. The van der Waals surface area contributed by atoms with E-state index in [1.54, 1.807) is 12.3 Å². The fraction of sp³-hybridized carbons (Fsp3) is 0.211.